The number of hydrogen-bond donors (Lipinski definition) is 2. The zero-order valence-corrected chi connectivity index (χ0v) is 19.2. The topological polar surface area (TPSA) is 105 Å². The van der Waals surface area contributed by atoms with Crippen molar-refractivity contribution >= 4 is 29.1 Å². The van der Waals surface area contributed by atoms with Gasteiger partial charge in [0.15, 0.2) is 6.04 Å². The van der Waals surface area contributed by atoms with Gasteiger partial charge < -0.3 is 20.7 Å². The number of morpholine rings is 1. The zero-order valence-electron chi connectivity index (χ0n) is 19.2. The van der Waals surface area contributed by atoms with E-state index in [9.17, 15) is 27.6 Å². The average Bonchev–Trinajstić information content (AvgIpc) is 2.66. The highest BCUT2D eigenvalue weighted by Gasteiger charge is 2.37. The molecule has 33 heavy (non-hydrogen) atoms. The lowest BCUT2D eigenvalue weighted by Crippen LogP contribution is -2.54. The Kier molecular flexibility index (Phi) is 8.84. The van der Waals surface area contributed by atoms with Crippen LogP contribution in [0.4, 0.5) is 24.5 Å². The van der Waals surface area contributed by atoms with Crippen LogP contribution in [0.1, 0.15) is 33.3 Å². The van der Waals surface area contributed by atoms with Gasteiger partial charge in [0, 0.05) is 25.3 Å². The van der Waals surface area contributed by atoms with E-state index < -0.39 is 41.2 Å². The number of rotatable bonds is 9. The SMILES string of the molecule is CC(C)CN(CC(C)C)[C@H](C(N)=O)C(=O)Nc1ccc(N2CCOCC2=O)cc1C(F)(F)F. The Hall–Kier alpha value is -2.66. The predicted octanol–water partition coefficient (Wildman–Crippen LogP) is 2.47. The van der Waals surface area contributed by atoms with Gasteiger partial charge in [-0.15, -0.1) is 0 Å². The molecule has 1 saturated heterocycles. The molecular weight excluding hydrogens is 441 g/mol. The number of carbonyl (C=O) groups is 3. The molecule has 1 heterocycles. The first-order chi connectivity index (χ1) is 15.3. The number of ether oxygens (including phenoxy) is 1. The van der Waals surface area contributed by atoms with Crippen molar-refractivity contribution in [1.82, 2.24) is 4.90 Å². The number of nitrogens with two attached hydrogens (primary N) is 1. The van der Waals surface area contributed by atoms with Gasteiger partial charge in [-0.3, -0.25) is 19.3 Å². The van der Waals surface area contributed by atoms with Crippen LogP contribution < -0.4 is 16.0 Å². The number of carbonyl (C=O) groups excluding carboxylic acids is 3. The summed E-state index contributed by atoms with van der Waals surface area (Å²) >= 11 is 0. The molecule has 1 aliphatic rings. The molecular formula is C22H31F3N4O4. The molecule has 0 aliphatic carbocycles. The number of hydrogen-bond acceptors (Lipinski definition) is 5. The van der Waals surface area contributed by atoms with Crippen LogP contribution in [-0.4, -0.2) is 61.5 Å². The highest BCUT2D eigenvalue weighted by molar-refractivity contribution is 6.10. The molecule has 0 radical (unpaired) electrons. The Morgan fingerprint density at radius 2 is 1.79 bits per heavy atom. The minimum absolute atomic E-state index is 0.0429. The van der Waals surface area contributed by atoms with Crippen molar-refractivity contribution in [2.75, 3.05) is 43.1 Å². The number of amides is 3. The number of alkyl halides is 3. The lowest BCUT2D eigenvalue weighted by molar-refractivity contribution is -0.137. The summed E-state index contributed by atoms with van der Waals surface area (Å²) in [5.41, 5.74) is 3.88. The Balaban J connectivity index is 2.38. The number of anilines is 2. The Labute approximate surface area is 191 Å². The van der Waals surface area contributed by atoms with Crippen molar-refractivity contribution in [3.05, 3.63) is 23.8 Å². The Bertz CT molecular complexity index is 864. The maximum atomic E-state index is 13.8. The molecule has 1 fully saturated rings. The van der Waals surface area contributed by atoms with E-state index in [1.807, 2.05) is 27.7 Å². The van der Waals surface area contributed by atoms with Crippen LogP contribution >= 0.6 is 0 Å². The number of nitrogens with zero attached hydrogens (tertiary/aromatic N) is 2. The minimum Gasteiger partial charge on any atom is -0.370 e. The summed E-state index contributed by atoms with van der Waals surface area (Å²) in [6.07, 6.45) is -4.81. The predicted molar refractivity (Wildman–Crippen MR) is 117 cm³/mol. The van der Waals surface area contributed by atoms with Gasteiger partial charge in [0.25, 0.3) is 11.8 Å². The van der Waals surface area contributed by atoms with Gasteiger partial charge in [-0.1, -0.05) is 27.7 Å². The molecule has 11 heteroatoms. The highest BCUT2D eigenvalue weighted by Crippen LogP contribution is 2.37. The molecule has 3 amide bonds. The largest absolute Gasteiger partial charge is 0.418 e. The molecule has 0 saturated carbocycles. The summed E-state index contributed by atoms with van der Waals surface area (Å²) in [5.74, 6) is -2.16. The molecule has 0 unspecified atom stereocenters. The molecule has 1 aromatic rings. The van der Waals surface area contributed by atoms with Crippen molar-refractivity contribution in [3.8, 4) is 0 Å². The van der Waals surface area contributed by atoms with Gasteiger partial charge in [0.1, 0.15) is 6.61 Å². The maximum Gasteiger partial charge on any atom is 0.418 e. The van der Waals surface area contributed by atoms with Crippen molar-refractivity contribution in [1.29, 1.82) is 0 Å². The first kappa shape index (κ1) is 26.6. The fraction of sp³-hybridized carbons (Fsp3) is 0.591. The smallest absolute Gasteiger partial charge is 0.370 e. The van der Waals surface area contributed by atoms with Crippen LogP contribution in [0.3, 0.4) is 0 Å². The van der Waals surface area contributed by atoms with E-state index in [1.54, 1.807) is 4.90 Å². The molecule has 1 atom stereocenters. The molecule has 3 N–H and O–H groups in total. The summed E-state index contributed by atoms with van der Waals surface area (Å²) in [6.45, 7) is 8.42. The van der Waals surface area contributed by atoms with E-state index >= 15 is 0 Å². The van der Waals surface area contributed by atoms with Crippen LogP contribution in [0.5, 0.6) is 0 Å². The van der Waals surface area contributed by atoms with E-state index in [4.69, 9.17) is 10.5 Å². The first-order valence-corrected chi connectivity index (χ1v) is 10.7. The molecule has 2 rings (SSSR count). The van der Waals surface area contributed by atoms with E-state index in [2.05, 4.69) is 5.32 Å². The fourth-order valence-corrected chi connectivity index (χ4v) is 3.73. The Morgan fingerprint density at radius 3 is 2.27 bits per heavy atom. The highest BCUT2D eigenvalue weighted by atomic mass is 19.4. The standard InChI is InChI=1S/C22H31F3N4O4/c1-13(2)10-28(11-14(3)4)19(20(26)31)21(32)27-17-6-5-15(9-16(17)22(23,24)25)29-7-8-33-12-18(29)30/h5-6,9,13-14,19H,7-8,10-12H2,1-4H3,(H2,26,31)(H,27,32)/t19-/m1/s1. The van der Waals surface area contributed by atoms with Crippen LogP contribution in [-0.2, 0) is 25.3 Å². The Morgan fingerprint density at radius 1 is 1.18 bits per heavy atom. The summed E-state index contributed by atoms with van der Waals surface area (Å²) < 4.78 is 46.5. The second-order valence-corrected chi connectivity index (χ2v) is 8.86. The van der Waals surface area contributed by atoms with Gasteiger partial charge in [0.05, 0.1) is 17.9 Å². The summed E-state index contributed by atoms with van der Waals surface area (Å²) in [7, 11) is 0. The second kappa shape index (κ2) is 11.0. The normalized spacial score (nSPS) is 15.9. The quantitative estimate of drug-likeness (QED) is 0.538. The number of benzene rings is 1. The van der Waals surface area contributed by atoms with E-state index in [-0.39, 0.29) is 37.3 Å². The third-order valence-electron chi connectivity index (χ3n) is 4.95. The van der Waals surface area contributed by atoms with E-state index in [0.29, 0.717) is 13.1 Å². The van der Waals surface area contributed by atoms with Crippen LogP contribution in [0.15, 0.2) is 18.2 Å². The van der Waals surface area contributed by atoms with Gasteiger partial charge in [0.2, 0.25) is 5.91 Å². The number of primary amides is 1. The average molecular weight is 473 g/mol. The molecule has 0 bridgehead atoms. The van der Waals surface area contributed by atoms with Crippen LogP contribution in [0.25, 0.3) is 0 Å². The van der Waals surface area contributed by atoms with E-state index in [0.717, 1.165) is 12.1 Å². The lowest BCUT2D eigenvalue weighted by Gasteiger charge is -2.32. The minimum atomic E-state index is -4.81. The summed E-state index contributed by atoms with van der Waals surface area (Å²) in [6, 6.07) is 1.76. The molecule has 1 aromatic carbocycles. The van der Waals surface area contributed by atoms with Gasteiger partial charge >= 0.3 is 6.18 Å². The third kappa shape index (κ3) is 7.16. The summed E-state index contributed by atoms with van der Waals surface area (Å²) in [5, 5.41) is 2.24. The third-order valence-corrected chi connectivity index (χ3v) is 4.95. The van der Waals surface area contributed by atoms with Crippen molar-refractivity contribution < 1.29 is 32.3 Å². The maximum absolute atomic E-state index is 13.8. The van der Waals surface area contributed by atoms with E-state index in [1.165, 1.54) is 11.0 Å². The van der Waals surface area contributed by atoms with Gasteiger partial charge in [-0.2, -0.15) is 13.2 Å². The fourth-order valence-electron chi connectivity index (χ4n) is 3.73. The van der Waals surface area contributed by atoms with Crippen LogP contribution in [0, 0.1) is 11.8 Å². The van der Waals surface area contributed by atoms with Crippen molar-refractivity contribution in [3.63, 3.8) is 0 Å². The number of halogens is 3. The molecule has 1 aliphatic heterocycles. The molecule has 8 nitrogen and oxygen atoms in total. The summed E-state index contributed by atoms with van der Waals surface area (Å²) in [4.78, 5) is 39.9. The second-order valence-electron chi connectivity index (χ2n) is 8.86. The molecule has 0 spiro atoms. The molecule has 184 valence electrons. The van der Waals surface area contributed by atoms with Crippen molar-refractivity contribution in [2.45, 2.75) is 39.9 Å². The lowest BCUT2D eigenvalue weighted by atomic mass is 10.1. The molecule has 0 aromatic heterocycles. The monoisotopic (exact) mass is 472 g/mol. The number of nitrogens with one attached hydrogen (secondary N) is 1. The first-order valence-electron chi connectivity index (χ1n) is 10.7. The van der Waals surface area contributed by atoms with Crippen LogP contribution in [0.2, 0.25) is 0 Å². The van der Waals surface area contributed by atoms with Gasteiger partial charge in [-0.25, -0.2) is 0 Å². The zero-order chi connectivity index (χ0) is 24.9. The van der Waals surface area contributed by atoms with Gasteiger partial charge in [-0.05, 0) is 30.0 Å². The van der Waals surface area contributed by atoms with Crippen molar-refractivity contribution in [2.24, 2.45) is 17.6 Å².